The summed E-state index contributed by atoms with van der Waals surface area (Å²) in [6.07, 6.45) is -4.73. The summed E-state index contributed by atoms with van der Waals surface area (Å²) in [5.74, 6) is -7.33. The minimum Gasteiger partial charge on any atom is -0.550 e. The SMILES string of the molecule is NC(CC(=O)[O-])(CC(=O)[O-])C(N)(CC(=O)[O-])CC(=O)[O-].[H+].[H+].[Na+].[Na+]. The standard InChI is InChI=1S/C10H16N2O8.2Na/c11-9(1-5(13)14,2-6(15)16)10(12,3-7(17)18)4-8(19)20;;/h1-4,11-12H2,(H,13,14)(H,15,16)(H,17,18)(H,19,20);;/q;2*+1/p-2. The van der Waals surface area contributed by atoms with Gasteiger partial charge in [-0.2, -0.15) is 0 Å². The Kier molecular flexibility index (Phi) is 12.8. The van der Waals surface area contributed by atoms with Crippen molar-refractivity contribution >= 4 is 23.9 Å². The van der Waals surface area contributed by atoms with Gasteiger partial charge in [-0.3, -0.25) is 0 Å². The maximum Gasteiger partial charge on any atom is 1.00 e. The molecule has 4 N–H and O–H groups in total. The van der Waals surface area contributed by atoms with Gasteiger partial charge in [-0.15, -0.1) is 0 Å². The number of rotatable bonds is 9. The minimum atomic E-state index is -2.43. The normalized spacial score (nSPS) is 10.8. The molecular formula is C10H14N2Na2O8. The van der Waals surface area contributed by atoms with Crippen LogP contribution in [0.25, 0.3) is 0 Å². The molecule has 0 radical (unpaired) electrons. The second-order valence-electron chi connectivity index (χ2n) is 4.51. The van der Waals surface area contributed by atoms with Crippen molar-refractivity contribution in [3.63, 3.8) is 0 Å². The van der Waals surface area contributed by atoms with Crippen LogP contribution in [0.2, 0.25) is 0 Å². The molecule has 0 bridgehead atoms. The van der Waals surface area contributed by atoms with Gasteiger partial charge < -0.3 is 51.1 Å². The largest absolute Gasteiger partial charge is 1.00 e. The van der Waals surface area contributed by atoms with Crippen LogP contribution in [0.1, 0.15) is 28.5 Å². The van der Waals surface area contributed by atoms with Gasteiger partial charge in [0.05, 0.1) is 0 Å². The number of hydrogen-bond acceptors (Lipinski definition) is 10. The molecule has 0 aromatic rings. The molecule has 0 fully saturated rings. The van der Waals surface area contributed by atoms with Gasteiger partial charge >= 0.3 is 62.0 Å². The van der Waals surface area contributed by atoms with Crippen LogP contribution in [0.3, 0.4) is 0 Å². The van der Waals surface area contributed by atoms with E-state index in [0.717, 1.165) is 0 Å². The third-order valence-corrected chi connectivity index (χ3v) is 2.83. The van der Waals surface area contributed by atoms with Gasteiger partial charge in [0.15, 0.2) is 0 Å². The molecule has 0 aliphatic heterocycles. The summed E-state index contributed by atoms with van der Waals surface area (Å²) in [7, 11) is 0. The first-order valence-electron chi connectivity index (χ1n) is 5.29. The van der Waals surface area contributed by atoms with Crippen molar-refractivity contribution in [2.24, 2.45) is 11.5 Å². The van der Waals surface area contributed by atoms with Crippen molar-refractivity contribution in [1.82, 2.24) is 0 Å². The summed E-state index contributed by atoms with van der Waals surface area (Å²) in [5, 5.41) is 42.5. The first kappa shape index (κ1) is 26.7. The summed E-state index contributed by atoms with van der Waals surface area (Å²) in [5.41, 5.74) is 6.20. The Morgan fingerprint density at radius 3 is 0.864 bits per heavy atom. The van der Waals surface area contributed by atoms with Crippen LogP contribution >= 0.6 is 0 Å². The van der Waals surface area contributed by atoms with Crippen LogP contribution in [0.4, 0.5) is 0 Å². The Labute approximate surface area is 172 Å². The van der Waals surface area contributed by atoms with E-state index >= 15 is 0 Å². The Morgan fingerprint density at radius 2 is 0.773 bits per heavy atom. The quantitative estimate of drug-likeness (QED) is 0.379. The second kappa shape index (κ2) is 10.6. The molecule has 10 nitrogen and oxygen atoms in total. The molecule has 114 valence electrons. The number of carbonyl (C=O) groups excluding carboxylic acids is 4. The number of carbonyl (C=O) groups is 4. The first-order valence-corrected chi connectivity index (χ1v) is 5.29. The van der Waals surface area contributed by atoms with E-state index in [-0.39, 0.29) is 62.0 Å². The summed E-state index contributed by atoms with van der Waals surface area (Å²) >= 11 is 0. The molecule has 0 rings (SSSR count). The van der Waals surface area contributed by atoms with Crippen LogP contribution < -0.4 is 91.0 Å². The fraction of sp³-hybridized carbons (Fsp3) is 0.600. The van der Waals surface area contributed by atoms with Gasteiger partial charge in [-0.1, -0.05) is 0 Å². The maximum absolute atomic E-state index is 10.6. The molecule has 0 heterocycles. The number of aliphatic carboxylic acids is 4. The van der Waals surface area contributed by atoms with E-state index in [0.29, 0.717) is 0 Å². The molecule has 0 aliphatic carbocycles. The van der Waals surface area contributed by atoms with Crippen LogP contribution in [-0.4, -0.2) is 35.0 Å². The zero-order valence-corrected chi connectivity index (χ0v) is 16.2. The summed E-state index contributed by atoms with van der Waals surface area (Å²) in [4.78, 5) is 42.5. The van der Waals surface area contributed by atoms with Crippen molar-refractivity contribution in [2.45, 2.75) is 36.8 Å². The Balaban J connectivity index is -0.000000301. The molecule has 0 aromatic heterocycles. The van der Waals surface area contributed by atoms with Crippen LogP contribution in [-0.2, 0) is 19.2 Å². The maximum atomic E-state index is 10.6. The fourth-order valence-electron chi connectivity index (χ4n) is 1.86. The van der Waals surface area contributed by atoms with E-state index < -0.39 is 60.6 Å². The van der Waals surface area contributed by atoms with Crippen LogP contribution in [0, 0.1) is 0 Å². The molecule has 0 atom stereocenters. The zero-order chi connectivity index (χ0) is 16.1. The molecule has 0 aromatic carbocycles. The molecule has 12 heteroatoms. The molecular weight excluding hydrogens is 322 g/mol. The van der Waals surface area contributed by atoms with Crippen molar-refractivity contribution < 1.29 is 102 Å². The molecule has 0 aliphatic rings. The molecule has 0 saturated carbocycles. The van der Waals surface area contributed by atoms with E-state index in [2.05, 4.69) is 0 Å². The van der Waals surface area contributed by atoms with E-state index in [1.54, 1.807) is 0 Å². The average molecular weight is 336 g/mol. The van der Waals surface area contributed by atoms with Crippen molar-refractivity contribution in [1.29, 1.82) is 0 Å². The number of hydrogen-bond donors (Lipinski definition) is 2. The predicted molar refractivity (Wildman–Crippen MR) is 54.6 cm³/mol. The van der Waals surface area contributed by atoms with Gasteiger partial charge in [-0.25, -0.2) is 0 Å². The minimum absolute atomic E-state index is 0. The summed E-state index contributed by atoms with van der Waals surface area (Å²) in [6.45, 7) is 0. The Bertz CT molecular complexity index is 381. The van der Waals surface area contributed by atoms with E-state index in [4.69, 9.17) is 11.5 Å². The smallest absolute Gasteiger partial charge is 0.550 e. The van der Waals surface area contributed by atoms with Gasteiger partial charge in [0, 0.05) is 60.6 Å². The van der Waals surface area contributed by atoms with Gasteiger partial charge in [-0.05, 0) is 0 Å². The third-order valence-electron chi connectivity index (χ3n) is 2.83. The number of carboxylic acid groups (broad SMARTS) is 4. The zero-order valence-electron chi connectivity index (χ0n) is 14.2. The van der Waals surface area contributed by atoms with Gasteiger partial charge in [0.25, 0.3) is 0 Å². The molecule has 22 heavy (non-hydrogen) atoms. The topological polar surface area (TPSA) is 213 Å². The van der Waals surface area contributed by atoms with Gasteiger partial charge in [0.1, 0.15) is 0 Å². The molecule has 0 spiro atoms. The monoisotopic (exact) mass is 336 g/mol. The van der Waals surface area contributed by atoms with Crippen molar-refractivity contribution in [3.8, 4) is 0 Å². The molecule has 0 saturated heterocycles. The molecule has 0 unspecified atom stereocenters. The van der Waals surface area contributed by atoms with Gasteiger partial charge in [0.2, 0.25) is 0 Å². The Hall–Kier alpha value is -0.200. The van der Waals surface area contributed by atoms with E-state index in [1.165, 1.54) is 0 Å². The fourth-order valence-corrected chi connectivity index (χ4v) is 1.86. The average Bonchev–Trinajstić information content (AvgIpc) is 2.10. The second-order valence-corrected chi connectivity index (χ2v) is 4.51. The first-order chi connectivity index (χ1) is 8.92. The Morgan fingerprint density at radius 1 is 0.636 bits per heavy atom. The van der Waals surface area contributed by atoms with Crippen molar-refractivity contribution in [3.05, 3.63) is 0 Å². The predicted octanol–water partition coefficient (Wildman–Crippen LogP) is -12.8. The summed E-state index contributed by atoms with van der Waals surface area (Å²) < 4.78 is 0. The van der Waals surface area contributed by atoms with E-state index in [9.17, 15) is 39.6 Å². The summed E-state index contributed by atoms with van der Waals surface area (Å²) in [6, 6.07) is 0. The van der Waals surface area contributed by atoms with Crippen LogP contribution in [0.15, 0.2) is 0 Å². The van der Waals surface area contributed by atoms with Crippen LogP contribution in [0.5, 0.6) is 0 Å². The third kappa shape index (κ3) is 8.44. The molecule has 0 amide bonds. The van der Waals surface area contributed by atoms with Crippen molar-refractivity contribution in [2.75, 3.05) is 0 Å². The van der Waals surface area contributed by atoms with E-state index in [1.807, 2.05) is 0 Å². The number of carboxylic acids is 4. The number of nitrogens with two attached hydrogens (primary N) is 2.